The van der Waals surface area contributed by atoms with E-state index in [1.54, 1.807) is 4.90 Å². The van der Waals surface area contributed by atoms with Crippen molar-refractivity contribution in [2.24, 2.45) is 0 Å². The summed E-state index contributed by atoms with van der Waals surface area (Å²) < 4.78 is 43.6. The SMILES string of the molecule is COC(=O)c1ccc2c(=O)[nH]c(CN3CCN(c4ccc(C(F)(F)F)cc4[N+](=O)[O-])CC3)nc2c1. The molecule has 0 atom stereocenters. The number of alkyl halides is 3. The second-order valence-electron chi connectivity index (χ2n) is 7.96. The average Bonchev–Trinajstić information content (AvgIpc) is 2.82. The average molecular weight is 491 g/mol. The van der Waals surface area contributed by atoms with Crippen molar-refractivity contribution >= 4 is 28.2 Å². The summed E-state index contributed by atoms with van der Waals surface area (Å²) in [6.45, 7) is 1.80. The van der Waals surface area contributed by atoms with Crippen LogP contribution < -0.4 is 10.5 Å². The van der Waals surface area contributed by atoms with E-state index in [1.165, 1.54) is 25.3 Å². The molecule has 0 amide bonds. The number of ether oxygens (including phenoxy) is 1. The van der Waals surface area contributed by atoms with Crippen molar-refractivity contribution in [3.63, 3.8) is 0 Å². The Labute approximate surface area is 196 Å². The molecule has 4 rings (SSSR count). The van der Waals surface area contributed by atoms with Gasteiger partial charge in [0.05, 0.1) is 40.6 Å². The van der Waals surface area contributed by atoms with E-state index in [4.69, 9.17) is 4.74 Å². The van der Waals surface area contributed by atoms with Crippen molar-refractivity contribution in [2.45, 2.75) is 12.7 Å². The van der Waals surface area contributed by atoms with Gasteiger partial charge in [-0.2, -0.15) is 13.2 Å². The lowest BCUT2D eigenvalue weighted by atomic mass is 10.1. The Morgan fingerprint density at radius 1 is 1.17 bits per heavy atom. The molecule has 10 nitrogen and oxygen atoms in total. The Morgan fingerprint density at radius 2 is 1.89 bits per heavy atom. The molecule has 0 unspecified atom stereocenters. The lowest BCUT2D eigenvalue weighted by Crippen LogP contribution is -2.46. The van der Waals surface area contributed by atoms with E-state index in [1.807, 2.05) is 4.90 Å². The van der Waals surface area contributed by atoms with Gasteiger partial charge in [0.25, 0.3) is 11.2 Å². The second kappa shape index (κ2) is 9.33. The zero-order valence-corrected chi connectivity index (χ0v) is 18.5. The number of nitrogens with one attached hydrogen (secondary N) is 1. The number of halogens is 3. The highest BCUT2D eigenvalue weighted by atomic mass is 19.4. The van der Waals surface area contributed by atoms with Crippen LogP contribution in [0.4, 0.5) is 24.5 Å². The second-order valence-corrected chi connectivity index (χ2v) is 7.96. The number of fused-ring (bicyclic) bond motifs is 1. The Balaban J connectivity index is 1.49. The van der Waals surface area contributed by atoms with Gasteiger partial charge in [0.15, 0.2) is 0 Å². The van der Waals surface area contributed by atoms with Crippen LogP contribution in [0.15, 0.2) is 41.2 Å². The standard InChI is InChI=1S/C22H20F3N5O5/c1-35-21(32)13-2-4-15-16(10-13)26-19(27-20(15)31)12-28-6-8-29(9-7-28)17-5-3-14(22(23,24)25)11-18(17)30(33)34/h2-5,10-11H,6-9,12H2,1H3,(H,26,27,31). The van der Waals surface area contributed by atoms with E-state index in [9.17, 15) is 32.9 Å². The quantitative estimate of drug-likeness (QED) is 0.329. The molecule has 1 aromatic heterocycles. The summed E-state index contributed by atoms with van der Waals surface area (Å²) in [6.07, 6.45) is -4.68. The molecule has 184 valence electrons. The minimum atomic E-state index is -4.68. The lowest BCUT2D eigenvalue weighted by Gasteiger charge is -2.35. The molecule has 1 saturated heterocycles. The molecule has 1 N–H and O–H groups in total. The van der Waals surface area contributed by atoms with Gasteiger partial charge < -0.3 is 14.6 Å². The third-order valence-corrected chi connectivity index (χ3v) is 5.76. The summed E-state index contributed by atoms with van der Waals surface area (Å²) in [4.78, 5) is 45.6. The monoisotopic (exact) mass is 491 g/mol. The summed E-state index contributed by atoms with van der Waals surface area (Å²) in [7, 11) is 1.25. The van der Waals surface area contributed by atoms with Gasteiger partial charge in [0.2, 0.25) is 0 Å². The predicted molar refractivity (Wildman–Crippen MR) is 119 cm³/mol. The van der Waals surface area contributed by atoms with E-state index in [0.717, 1.165) is 12.1 Å². The first-order chi connectivity index (χ1) is 16.6. The maximum absolute atomic E-state index is 13.0. The summed E-state index contributed by atoms with van der Waals surface area (Å²) in [5.74, 6) is -0.178. The number of methoxy groups -OCH3 is 1. The molecule has 1 aliphatic rings. The van der Waals surface area contributed by atoms with Gasteiger partial charge >= 0.3 is 12.1 Å². The number of rotatable bonds is 5. The number of carbonyl (C=O) groups excluding carboxylic acids is 1. The van der Waals surface area contributed by atoms with Gasteiger partial charge in [-0.15, -0.1) is 0 Å². The number of benzene rings is 2. The summed E-state index contributed by atoms with van der Waals surface area (Å²) >= 11 is 0. The molecule has 2 heterocycles. The first-order valence-electron chi connectivity index (χ1n) is 10.5. The van der Waals surface area contributed by atoms with Crippen molar-refractivity contribution in [3.8, 4) is 0 Å². The number of nitro groups is 1. The van der Waals surface area contributed by atoms with Crippen molar-refractivity contribution < 1.29 is 27.6 Å². The van der Waals surface area contributed by atoms with E-state index >= 15 is 0 Å². The van der Waals surface area contributed by atoms with E-state index in [0.29, 0.717) is 49.0 Å². The van der Waals surface area contributed by atoms with Gasteiger partial charge in [-0.3, -0.25) is 19.8 Å². The fraction of sp³-hybridized carbons (Fsp3) is 0.318. The van der Waals surface area contributed by atoms with Crippen LogP contribution in [0, 0.1) is 10.1 Å². The molecular formula is C22H20F3N5O5. The van der Waals surface area contributed by atoms with Crippen LogP contribution in [0.25, 0.3) is 10.9 Å². The summed E-state index contributed by atoms with van der Waals surface area (Å²) in [5, 5.41) is 11.7. The van der Waals surface area contributed by atoms with Gasteiger partial charge in [0, 0.05) is 32.2 Å². The van der Waals surface area contributed by atoms with Gasteiger partial charge in [-0.05, 0) is 30.3 Å². The topological polar surface area (TPSA) is 122 Å². The molecule has 3 aromatic rings. The molecule has 2 aromatic carbocycles. The van der Waals surface area contributed by atoms with Gasteiger partial charge in [-0.1, -0.05) is 0 Å². The Kier molecular flexibility index (Phi) is 6.43. The fourth-order valence-electron chi connectivity index (χ4n) is 3.98. The number of aromatic nitrogens is 2. The van der Waals surface area contributed by atoms with E-state index < -0.39 is 28.3 Å². The first kappa shape index (κ1) is 24.1. The van der Waals surface area contributed by atoms with Crippen molar-refractivity contribution in [1.29, 1.82) is 0 Å². The van der Waals surface area contributed by atoms with Crippen LogP contribution in [-0.2, 0) is 17.5 Å². The fourth-order valence-corrected chi connectivity index (χ4v) is 3.98. The molecule has 0 saturated carbocycles. The van der Waals surface area contributed by atoms with Crippen molar-refractivity contribution in [1.82, 2.24) is 14.9 Å². The normalized spacial score (nSPS) is 14.8. The zero-order valence-electron chi connectivity index (χ0n) is 18.5. The number of H-pyrrole nitrogens is 1. The maximum atomic E-state index is 13.0. The highest BCUT2D eigenvalue weighted by Gasteiger charge is 2.34. The molecule has 1 fully saturated rings. The third kappa shape index (κ3) is 5.09. The van der Waals surface area contributed by atoms with Crippen LogP contribution in [0.1, 0.15) is 21.7 Å². The first-order valence-corrected chi connectivity index (χ1v) is 10.5. The van der Waals surface area contributed by atoms with Crippen LogP contribution in [0.3, 0.4) is 0 Å². The molecule has 0 spiro atoms. The molecule has 1 aliphatic heterocycles. The van der Waals surface area contributed by atoms with Crippen LogP contribution in [0.2, 0.25) is 0 Å². The number of anilines is 1. The number of aromatic amines is 1. The Hall–Kier alpha value is -4.00. The summed E-state index contributed by atoms with van der Waals surface area (Å²) in [6, 6.07) is 6.95. The van der Waals surface area contributed by atoms with Crippen LogP contribution in [-0.4, -0.2) is 59.0 Å². The third-order valence-electron chi connectivity index (χ3n) is 5.76. The number of carbonyl (C=O) groups is 1. The number of esters is 1. The smallest absolute Gasteiger partial charge is 0.416 e. The molecule has 35 heavy (non-hydrogen) atoms. The lowest BCUT2D eigenvalue weighted by molar-refractivity contribution is -0.384. The number of nitrogens with zero attached hydrogens (tertiary/aromatic N) is 4. The number of piperazine rings is 1. The zero-order chi connectivity index (χ0) is 25.3. The predicted octanol–water partition coefficient (Wildman–Crippen LogP) is 2.96. The minimum Gasteiger partial charge on any atom is -0.465 e. The highest BCUT2D eigenvalue weighted by Crippen LogP contribution is 2.36. The maximum Gasteiger partial charge on any atom is 0.416 e. The number of nitro benzene ring substituents is 1. The Bertz CT molecular complexity index is 1350. The van der Waals surface area contributed by atoms with Crippen LogP contribution >= 0.6 is 0 Å². The van der Waals surface area contributed by atoms with Crippen molar-refractivity contribution in [3.05, 3.63) is 73.8 Å². The minimum absolute atomic E-state index is 0.121. The van der Waals surface area contributed by atoms with Crippen molar-refractivity contribution in [2.75, 3.05) is 38.2 Å². The van der Waals surface area contributed by atoms with E-state index in [2.05, 4.69) is 9.97 Å². The number of hydrogen-bond acceptors (Lipinski definition) is 8. The molecule has 0 bridgehead atoms. The Morgan fingerprint density at radius 3 is 2.51 bits per heavy atom. The highest BCUT2D eigenvalue weighted by molar-refractivity contribution is 5.93. The van der Waals surface area contributed by atoms with E-state index in [-0.39, 0.29) is 23.4 Å². The number of hydrogen-bond donors (Lipinski definition) is 1. The van der Waals surface area contributed by atoms with Crippen LogP contribution in [0.5, 0.6) is 0 Å². The molecule has 0 aliphatic carbocycles. The molecular weight excluding hydrogens is 471 g/mol. The summed E-state index contributed by atoms with van der Waals surface area (Å²) in [5.41, 5.74) is -1.32. The molecule has 13 heteroatoms. The van der Waals surface area contributed by atoms with Gasteiger partial charge in [0.1, 0.15) is 11.5 Å². The van der Waals surface area contributed by atoms with Gasteiger partial charge in [-0.25, -0.2) is 9.78 Å². The largest absolute Gasteiger partial charge is 0.465 e. The molecule has 0 radical (unpaired) electrons.